The lowest BCUT2D eigenvalue weighted by Gasteiger charge is -2.01. The molecule has 0 aliphatic rings. The number of methoxy groups -OCH3 is 1. The molecule has 0 fully saturated rings. The van der Waals surface area contributed by atoms with Crippen molar-refractivity contribution in [1.82, 2.24) is 10.9 Å². The maximum atomic E-state index is 10.4. The molecule has 10 heavy (non-hydrogen) atoms. The molecule has 0 atom stereocenters. The molecular formula is C5H10N2O3. The third-order valence-corrected chi connectivity index (χ3v) is 0.725. The van der Waals surface area contributed by atoms with E-state index < -0.39 is 5.97 Å². The van der Waals surface area contributed by atoms with Gasteiger partial charge in [0, 0.05) is 6.92 Å². The van der Waals surface area contributed by atoms with Crippen LogP contribution in [0, 0.1) is 0 Å². The number of carbonyl (C=O) groups is 2. The predicted molar refractivity (Wildman–Crippen MR) is 33.8 cm³/mol. The van der Waals surface area contributed by atoms with Gasteiger partial charge in [-0.15, -0.1) is 0 Å². The summed E-state index contributed by atoms with van der Waals surface area (Å²) in [6.07, 6.45) is 0. The molecule has 0 aliphatic carbocycles. The lowest BCUT2D eigenvalue weighted by Crippen LogP contribution is -2.39. The summed E-state index contributed by atoms with van der Waals surface area (Å²) in [4.78, 5) is 20.5. The summed E-state index contributed by atoms with van der Waals surface area (Å²) in [6, 6.07) is 0. The molecule has 5 nitrogen and oxygen atoms in total. The van der Waals surface area contributed by atoms with Crippen LogP contribution in [-0.2, 0) is 14.3 Å². The molecule has 0 heterocycles. The molecule has 0 unspecified atom stereocenters. The lowest BCUT2D eigenvalue weighted by atomic mass is 10.7. The second kappa shape index (κ2) is 4.75. The number of hydrogen-bond donors (Lipinski definition) is 2. The van der Waals surface area contributed by atoms with Crippen molar-refractivity contribution in [3.63, 3.8) is 0 Å². The number of esters is 1. The van der Waals surface area contributed by atoms with Crippen LogP contribution in [0.5, 0.6) is 0 Å². The fourth-order valence-corrected chi connectivity index (χ4v) is 0.313. The van der Waals surface area contributed by atoms with Gasteiger partial charge in [0.25, 0.3) is 0 Å². The van der Waals surface area contributed by atoms with Crippen molar-refractivity contribution in [3.8, 4) is 0 Å². The Labute approximate surface area is 58.7 Å². The third kappa shape index (κ3) is 5.04. The van der Waals surface area contributed by atoms with Crippen LogP contribution in [0.2, 0.25) is 0 Å². The number of hydrogen-bond acceptors (Lipinski definition) is 4. The van der Waals surface area contributed by atoms with E-state index in [0.29, 0.717) is 0 Å². The monoisotopic (exact) mass is 146 g/mol. The summed E-state index contributed by atoms with van der Waals surface area (Å²) >= 11 is 0. The number of ether oxygens (including phenoxy) is 1. The van der Waals surface area contributed by atoms with Crippen LogP contribution in [0.3, 0.4) is 0 Å². The molecule has 0 saturated heterocycles. The summed E-state index contributed by atoms with van der Waals surface area (Å²) in [7, 11) is 1.28. The molecule has 0 spiro atoms. The van der Waals surface area contributed by atoms with Gasteiger partial charge in [-0.3, -0.25) is 15.0 Å². The fraction of sp³-hybridized carbons (Fsp3) is 0.600. The Morgan fingerprint density at radius 2 is 2.10 bits per heavy atom. The van der Waals surface area contributed by atoms with Crippen LogP contribution < -0.4 is 10.9 Å². The Balaban J connectivity index is 3.20. The number of nitrogens with one attached hydrogen (secondary N) is 2. The van der Waals surface area contributed by atoms with Gasteiger partial charge in [0.15, 0.2) is 0 Å². The Morgan fingerprint density at radius 1 is 1.50 bits per heavy atom. The van der Waals surface area contributed by atoms with E-state index in [1.165, 1.54) is 14.0 Å². The van der Waals surface area contributed by atoms with E-state index in [2.05, 4.69) is 15.6 Å². The van der Waals surface area contributed by atoms with E-state index in [1.54, 1.807) is 0 Å². The molecule has 0 radical (unpaired) electrons. The standard InChI is InChI=1S/C5H10N2O3/c1-4(8)7-6-3-5(9)10-2/h6H,3H2,1-2H3,(H,7,8). The molecule has 0 aromatic heterocycles. The van der Waals surface area contributed by atoms with Gasteiger partial charge in [-0.25, -0.2) is 5.43 Å². The highest BCUT2D eigenvalue weighted by Crippen LogP contribution is 1.66. The SMILES string of the molecule is COC(=O)CNNC(C)=O. The maximum absolute atomic E-state index is 10.4. The molecule has 58 valence electrons. The average molecular weight is 146 g/mol. The van der Waals surface area contributed by atoms with Crippen LogP contribution in [0.4, 0.5) is 0 Å². The molecule has 2 N–H and O–H groups in total. The Bertz CT molecular complexity index is 135. The van der Waals surface area contributed by atoms with Crippen LogP contribution in [0.1, 0.15) is 6.92 Å². The molecule has 5 heteroatoms. The van der Waals surface area contributed by atoms with Gasteiger partial charge in [-0.05, 0) is 0 Å². The maximum Gasteiger partial charge on any atom is 0.321 e. The summed E-state index contributed by atoms with van der Waals surface area (Å²) in [5.41, 5.74) is 4.58. The molecule has 0 saturated carbocycles. The first-order chi connectivity index (χ1) is 4.66. The largest absolute Gasteiger partial charge is 0.468 e. The highest BCUT2D eigenvalue weighted by atomic mass is 16.5. The normalized spacial score (nSPS) is 8.60. The molecule has 0 aliphatic heterocycles. The van der Waals surface area contributed by atoms with Gasteiger partial charge in [0.2, 0.25) is 5.91 Å². The minimum absolute atomic E-state index is 0.0178. The van der Waals surface area contributed by atoms with Gasteiger partial charge in [0.05, 0.1) is 7.11 Å². The minimum atomic E-state index is -0.422. The summed E-state index contributed by atoms with van der Waals surface area (Å²) < 4.78 is 4.28. The van der Waals surface area contributed by atoms with Gasteiger partial charge in [-0.1, -0.05) is 0 Å². The number of hydrazine groups is 1. The molecule has 0 rings (SSSR count). The van der Waals surface area contributed by atoms with Crippen molar-refractivity contribution in [3.05, 3.63) is 0 Å². The van der Waals surface area contributed by atoms with Gasteiger partial charge in [0.1, 0.15) is 6.54 Å². The fourth-order valence-electron chi connectivity index (χ4n) is 0.313. The summed E-state index contributed by atoms with van der Waals surface area (Å²) in [5, 5.41) is 0. The molecular weight excluding hydrogens is 136 g/mol. The number of rotatable bonds is 3. The van der Waals surface area contributed by atoms with Crippen LogP contribution >= 0.6 is 0 Å². The topological polar surface area (TPSA) is 67.4 Å². The van der Waals surface area contributed by atoms with Crippen LogP contribution in [-0.4, -0.2) is 25.5 Å². The van der Waals surface area contributed by atoms with Crippen LogP contribution in [0.25, 0.3) is 0 Å². The molecule has 1 amide bonds. The first-order valence-corrected chi connectivity index (χ1v) is 2.73. The second-order valence-electron chi connectivity index (χ2n) is 1.61. The van der Waals surface area contributed by atoms with Crippen molar-refractivity contribution in [2.45, 2.75) is 6.92 Å². The number of amides is 1. The van der Waals surface area contributed by atoms with Gasteiger partial charge >= 0.3 is 5.97 Å². The minimum Gasteiger partial charge on any atom is -0.468 e. The van der Waals surface area contributed by atoms with Crippen molar-refractivity contribution < 1.29 is 14.3 Å². The zero-order chi connectivity index (χ0) is 7.98. The van der Waals surface area contributed by atoms with Gasteiger partial charge < -0.3 is 4.74 Å². The van der Waals surface area contributed by atoms with Crippen molar-refractivity contribution in [2.24, 2.45) is 0 Å². The zero-order valence-electron chi connectivity index (χ0n) is 5.93. The lowest BCUT2D eigenvalue weighted by molar-refractivity contribution is -0.139. The van der Waals surface area contributed by atoms with E-state index >= 15 is 0 Å². The predicted octanol–water partition coefficient (Wildman–Crippen LogP) is -1.20. The van der Waals surface area contributed by atoms with Crippen molar-refractivity contribution in [2.75, 3.05) is 13.7 Å². The van der Waals surface area contributed by atoms with E-state index in [-0.39, 0.29) is 12.5 Å². The number of carbonyl (C=O) groups excluding carboxylic acids is 2. The second-order valence-corrected chi connectivity index (χ2v) is 1.61. The first-order valence-electron chi connectivity index (χ1n) is 2.73. The molecule has 0 bridgehead atoms. The quantitative estimate of drug-likeness (QED) is 0.387. The van der Waals surface area contributed by atoms with Crippen LogP contribution in [0.15, 0.2) is 0 Å². The highest BCUT2D eigenvalue weighted by molar-refractivity contribution is 5.74. The van der Waals surface area contributed by atoms with Gasteiger partial charge in [-0.2, -0.15) is 0 Å². The van der Waals surface area contributed by atoms with E-state index in [4.69, 9.17) is 0 Å². The van der Waals surface area contributed by atoms with E-state index in [1.807, 2.05) is 0 Å². The van der Waals surface area contributed by atoms with E-state index in [9.17, 15) is 9.59 Å². The smallest absolute Gasteiger partial charge is 0.321 e. The summed E-state index contributed by atoms with van der Waals surface area (Å²) in [5.74, 6) is -0.669. The highest BCUT2D eigenvalue weighted by Gasteiger charge is 1.97. The Hall–Kier alpha value is -1.10. The summed E-state index contributed by atoms with van der Waals surface area (Å²) in [6.45, 7) is 1.32. The Morgan fingerprint density at radius 3 is 2.50 bits per heavy atom. The Kier molecular flexibility index (Phi) is 4.23. The molecule has 0 aromatic carbocycles. The first kappa shape index (κ1) is 8.90. The third-order valence-electron chi connectivity index (χ3n) is 0.725. The molecule has 0 aromatic rings. The average Bonchev–Trinajstić information content (AvgIpc) is 1.87. The van der Waals surface area contributed by atoms with E-state index in [0.717, 1.165) is 0 Å². The van der Waals surface area contributed by atoms with Crippen molar-refractivity contribution in [1.29, 1.82) is 0 Å². The van der Waals surface area contributed by atoms with Crippen molar-refractivity contribution >= 4 is 11.9 Å². The zero-order valence-corrected chi connectivity index (χ0v) is 5.93.